The lowest BCUT2D eigenvalue weighted by molar-refractivity contribution is -0.197. The van der Waals surface area contributed by atoms with E-state index in [4.69, 9.17) is 14.2 Å². The molecule has 1 aromatic rings. The largest absolute Gasteiger partial charge is 0.342 e. The van der Waals surface area contributed by atoms with E-state index >= 15 is 0 Å². The molecular formula is C15H18O5S. The van der Waals surface area contributed by atoms with Gasteiger partial charge in [-0.05, 0) is 39.0 Å². The van der Waals surface area contributed by atoms with Crippen molar-refractivity contribution < 1.29 is 22.6 Å². The number of benzene rings is 1. The van der Waals surface area contributed by atoms with Crippen molar-refractivity contribution in [2.24, 2.45) is 0 Å². The summed E-state index contributed by atoms with van der Waals surface area (Å²) >= 11 is 0. The van der Waals surface area contributed by atoms with Gasteiger partial charge in [0.2, 0.25) is 9.84 Å². The van der Waals surface area contributed by atoms with E-state index < -0.39 is 28.0 Å². The van der Waals surface area contributed by atoms with Crippen molar-refractivity contribution >= 4 is 9.84 Å². The van der Waals surface area contributed by atoms with Gasteiger partial charge in [0.15, 0.2) is 12.1 Å². The number of ether oxygens (including phenoxy) is 3. The molecule has 0 aliphatic carbocycles. The zero-order valence-corrected chi connectivity index (χ0v) is 13.0. The van der Waals surface area contributed by atoms with E-state index in [1.807, 2.05) is 0 Å². The third kappa shape index (κ3) is 2.64. The molecule has 21 heavy (non-hydrogen) atoms. The Bertz CT molecular complexity index is 663. The smallest absolute Gasteiger partial charge is 0.205 e. The molecule has 2 heterocycles. The Balaban J connectivity index is 2.04. The second kappa shape index (κ2) is 4.91. The van der Waals surface area contributed by atoms with Gasteiger partial charge in [-0.2, -0.15) is 0 Å². The van der Waals surface area contributed by atoms with Gasteiger partial charge in [0.25, 0.3) is 0 Å². The van der Waals surface area contributed by atoms with Crippen LogP contribution in [0.5, 0.6) is 0 Å². The lowest BCUT2D eigenvalue weighted by atomic mass is 10.2. The molecule has 114 valence electrons. The minimum absolute atomic E-state index is 0.211. The Morgan fingerprint density at radius 1 is 1.10 bits per heavy atom. The molecule has 0 unspecified atom stereocenters. The molecule has 1 aromatic carbocycles. The van der Waals surface area contributed by atoms with Crippen LogP contribution in [-0.2, 0) is 24.0 Å². The number of rotatable bonds is 2. The van der Waals surface area contributed by atoms with Crippen LogP contribution in [-0.4, -0.2) is 32.7 Å². The lowest BCUT2D eigenvalue weighted by Crippen LogP contribution is -2.37. The predicted molar refractivity (Wildman–Crippen MR) is 76.1 cm³/mol. The van der Waals surface area contributed by atoms with Crippen molar-refractivity contribution in [3.8, 4) is 0 Å². The van der Waals surface area contributed by atoms with Crippen LogP contribution >= 0.6 is 0 Å². The van der Waals surface area contributed by atoms with Gasteiger partial charge in [0.05, 0.1) is 15.9 Å². The summed E-state index contributed by atoms with van der Waals surface area (Å²) in [5, 5.41) is 0. The van der Waals surface area contributed by atoms with E-state index in [0.29, 0.717) is 0 Å². The highest BCUT2D eigenvalue weighted by Crippen LogP contribution is 2.39. The molecule has 6 heteroatoms. The molecule has 2 aliphatic rings. The van der Waals surface area contributed by atoms with Crippen molar-refractivity contribution in [3.05, 3.63) is 41.3 Å². The molecule has 0 radical (unpaired) electrons. The monoisotopic (exact) mass is 310 g/mol. The summed E-state index contributed by atoms with van der Waals surface area (Å²) in [6, 6.07) is 8.33. The van der Waals surface area contributed by atoms with Gasteiger partial charge in [-0.25, -0.2) is 8.42 Å². The fraction of sp³-hybridized carbons (Fsp3) is 0.467. The molecule has 0 aromatic heterocycles. The van der Waals surface area contributed by atoms with Gasteiger partial charge in [0.1, 0.15) is 6.10 Å². The second-order valence-corrected chi connectivity index (χ2v) is 7.60. The second-order valence-electron chi connectivity index (χ2n) is 5.65. The van der Waals surface area contributed by atoms with Crippen LogP contribution in [0, 0.1) is 0 Å². The Morgan fingerprint density at radius 3 is 2.43 bits per heavy atom. The van der Waals surface area contributed by atoms with E-state index in [2.05, 4.69) is 0 Å². The van der Waals surface area contributed by atoms with E-state index in [1.165, 1.54) is 0 Å². The van der Waals surface area contributed by atoms with Crippen molar-refractivity contribution in [3.63, 3.8) is 0 Å². The Kier molecular flexibility index (Phi) is 3.44. The summed E-state index contributed by atoms with van der Waals surface area (Å²) < 4.78 is 42.6. The molecule has 2 aliphatic heterocycles. The molecule has 1 saturated heterocycles. The van der Waals surface area contributed by atoms with E-state index in [1.54, 1.807) is 57.2 Å². The first-order valence-corrected chi connectivity index (χ1v) is 8.31. The van der Waals surface area contributed by atoms with Crippen LogP contribution in [0.3, 0.4) is 0 Å². The molecule has 1 fully saturated rings. The maximum absolute atomic E-state index is 12.8. The summed E-state index contributed by atoms with van der Waals surface area (Å²) in [7, 11) is -3.62. The van der Waals surface area contributed by atoms with Crippen molar-refractivity contribution in [1.29, 1.82) is 0 Å². The third-order valence-corrected chi connectivity index (χ3v) is 5.33. The normalized spacial score (nSPS) is 31.6. The lowest BCUT2D eigenvalue weighted by Gasteiger charge is -2.27. The molecular weight excluding hydrogens is 292 g/mol. The minimum atomic E-state index is -3.62. The predicted octanol–water partition coefficient (Wildman–Crippen LogP) is 2.24. The number of hydrogen-bond acceptors (Lipinski definition) is 5. The fourth-order valence-corrected chi connectivity index (χ4v) is 4.20. The molecule has 5 nitrogen and oxygen atoms in total. The number of hydrogen-bond donors (Lipinski definition) is 0. The summed E-state index contributed by atoms with van der Waals surface area (Å²) in [6.45, 7) is 5.27. The van der Waals surface area contributed by atoms with E-state index in [0.717, 1.165) is 0 Å². The van der Waals surface area contributed by atoms with Crippen LogP contribution in [0.1, 0.15) is 20.8 Å². The Labute approximate surface area is 124 Å². The van der Waals surface area contributed by atoms with Gasteiger partial charge < -0.3 is 14.2 Å². The van der Waals surface area contributed by atoms with E-state index in [-0.39, 0.29) is 15.9 Å². The van der Waals surface area contributed by atoms with Gasteiger partial charge in [-0.1, -0.05) is 18.2 Å². The highest BCUT2D eigenvalue weighted by atomic mass is 32.2. The molecule has 0 amide bonds. The van der Waals surface area contributed by atoms with Crippen LogP contribution in [0.4, 0.5) is 0 Å². The SMILES string of the molecule is C[C@H]1C=C(S(=O)(=O)c2ccccc2)[C@H]2OC(C)(C)O[C@H]2O1. The topological polar surface area (TPSA) is 61.8 Å². The maximum atomic E-state index is 12.8. The van der Waals surface area contributed by atoms with Crippen LogP contribution in [0.25, 0.3) is 0 Å². The number of fused-ring (bicyclic) bond motifs is 1. The molecule has 0 saturated carbocycles. The van der Waals surface area contributed by atoms with Gasteiger partial charge in [-0.15, -0.1) is 0 Å². The first kappa shape index (κ1) is 14.7. The van der Waals surface area contributed by atoms with Gasteiger partial charge in [0, 0.05) is 0 Å². The molecule has 0 bridgehead atoms. The van der Waals surface area contributed by atoms with Crippen molar-refractivity contribution in [1.82, 2.24) is 0 Å². The number of sulfone groups is 1. The summed E-state index contributed by atoms with van der Waals surface area (Å²) in [6.07, 6.45) is -0.194. The Morgan fingerprint density at radius 2 is 1.76 bits per heavy atom. The van der Waals surface area contributed by atoms with Crippen LogP contribution in [0.2, 0.25) is 0 Å². The Hall–Kier alpha value is -1.21. The van der Waals surface area contributed by atoms with E-state index in [9.17, 15) is 8.42 Å². The zero-order valence-electron chi connectivity index (χ0n) is 12.1. The molecule has 0 spiro atoms. The maximum Gasteiger partial charge on any atom is 0.205 e. The standard InChI is InChI=1S/C15H18O5S/c1-10-9-12(13-14(18-10)20-15(2,3)19-13)21(16,17)11-7-5-4-6-8-11/h4-10,13-14H,1-3H3/t10-,13+,14+/m0/s1. The fourth-order valence-electron chi connectivity index (χ4n) is 2.58. The van der Waals surface area contributed by atoms with Crippen molar-refractivity contribution in [2.75, 3.05) is 0 Å². The highest BCUT2D eigenvalue weighted by molar-refractivity contribution is 7.95. The zero-order chi connectivity index (χ0) is 15.3. The van der Waals surface area contributed by atoms with Crippen LogP contribution < -0.4 is 0 Å². The first-order chi connectivity index (χ1) is 9.79. The summed E-state index contributed by atoms with van der Waals surface area (Å²) in [4.78, 5) is 0.459. The molecule has 3 rings (SSSR count). The average Bonchev–Trinajstić information content (AvgIpc) is 2.72. The highest BCUT2D eigenvalue weighted by Gasteiger charge is 2.49. The average molecular weight is 310 g/mol. The first-order valence-electron chi connectivity index (χ1n) is 6.82. The molecule has 0 N–H and O–H groups in total. The van der Waals surface area contributed by atoms with Gasteiger partial charge >= 0.3 is 0 Å². The van der Waals surface area contributed by atoms with Crippen LogP contribution in [0.15, 0.2) is 46.2 Å². The quantitative estimate of drug-likeness (QED) is 0.838. The molecule has 3 atom stereocenters. The summed E-state index contributed by atoms with van der Waals surface area (Å²) in [5.41, 5.74) is 0. The van der Waals surface area contributed by atoms with Gasteiger partial charge in [-0.3, -0.25) is 0 Å². The minimum Gasteiger partial charge on any atom is -0.342 e. The van der Waals surface area contributed by atoms with Crippen molar-refractivity contribution in [2.45, 2.75) is 50.0 Å². The third-order valence-electron chi connectivity index (χ3n) is 3.45. The summed E-state index contributed by atoms with van der Waals surface area (Å²) in [5.74, 6) is -0.870.